The monoisotopic (exact) mass is 442 g/mol. The minimum Gasteiger partial charge on any atom is -0.462 e. The molecule has 170 valence electrons. The summed E-state index contributed by atoms with van der Waals surface area (Å²) in [7, 11) is 0. The molecule has 1 aliphatic heterocycles. The first kappa shape index (κ1) is 24.4. The highest BCUT2D eigenvalue weighted by Crippen LogP contribution is 2.44. The van der Waals surface area contributed by atoms with Gasteiger partial charge in [0.1, 0.15) is 5.92 Å². The van der Waals surface area contributed by atoms with E-state index in [-0.39, 0.29) is 35.7 Å². The molecule has 0 aliphatic carbocycles. The summed E-state index contributed by atoms with van der Waals surface area (Å²) in [6.07, 6.45) is -2.19. The van der Waals surface area contributed by atoms with Gasteiger partial charge in [-0.15, -0.1) is 0 Å². The Balaban J connectivity index is 2.44. The van der Waals surface area contributed by atoms with Crippen molar-refractivity contribution in [3.05, 3.63) is 68.2 Å². The molecule has 10 heteroatoms. The molecular formula is C21H25F3N2O5. The van der Waals surface area contributed by atoms with E-state index in [1.807, 2.05) is 0 Å². The number of hydrogen-bond donors (Lipinski definition) is 2. The van der Waals surface area contributed by atoms with Crippen molar-refractivity contribution < 1.29 is 32.7 Å². The molecule has 0 spiro atoms. The van der Waals surface area contributed by atoms with Crippen molar-refractivity contribution in [1.29, 1.82) is 0 Å². The van der Waals surface area contributed by atoms with Gasteiger partial charge in [0.2, 0.25) is 0 Å². The number of unbranched alkanes of at least 4 members (excludes halogenated alkanes) is 3. The number of dihydropyridines is 1. The second kappa shape index (κ2) is 10.4. The fourth-order valence-corrected chi connectivity index (χ4v) is 3.62. The van der Waals surface area contributed by atoms with Gasteiger partial charge < -0.3 is 15.2 Å². The summed E-state index contributed by atoms with van der Waals surface area (Å²) < 4.78 is 46.2. The molecule has 1 aromatic rings. The molecule has 1 atom stereocenters. The number of benzene rings is 1. The number of nitrogens with one attached hydrogen (secondary N) is 1. The lowest BCUT2D eigenvalue weighted by Gasteiger charge is -2.28. The Morgan fingerprint density at radius 2 is 1.81 bits per heavy atom. The number of hydrogen-bond acceptors (Lipinski definition) is 6. The van der Waals surface area contributed by atoms with E-state index in [9.17, 15) is 28.1 Å². The zero-order chi connectivity index (χ0) is 23.2. The molecule has 0 bridgehead atoms. The lowest BCUT2D eigenvalue weighted by molar-refractivity contribution is -0.431. The van der Waals surface area contributed by atoms with E-state index in [0.717, 1.165) is 18.6 Å². The lowest BCUT2D eigenvalue weighted by Crippen LogP contribution is -2.32. The summed E-state index contributed by atoms with van der Waals surface area (Å²) in [6.45, 7) is 2.94. The number of halogens is 3. The minimum atomic E-state index is -4.76. The van der Waals surface area contributed by atoms with Crippen LogP contribution in [0.2, 0.25) is 0 Å². The number of carbonyl (C=O) groups is 1. The third-order valence-corrected chi connectivity index (χ3v) is 5.00. The highest BCUT2D eigenvalue weighted by Gasteiger charge is 2.45. The molecule has 0 saturated heterocycles. The lowest BCUT2D eigenvalue weighted by atomic mass is 9.81. The van der Waals surface area contributed by atoms with E-state index in [4.69, 9.17) is 9.84 Å². The van der Waals surface area contributed by atoms with E-state index in [1.54, 1.807) is 0 Å². The second-order valence-electron chi connectivity index (χ2n) is 7.22. The van der Waals surface area contributed by atoms with Crippen LogP contribution < -0.4 is 5.32 Å². The van der Waals surface area contributed by atoms with E-state index >= 15 is 0 Å². The number of aliphatic hydroxyl groups is 1. The fraction of sp³-hybridized carbons (Fsp3) is 0.476. The molecule has 1 heterocycles. The third kappa shape index (κ3) is 5.84. The predicted octanol–water partition coefficient (Wildman–Crippen LogP) is 4.27. The third-order valence-electron chi connectivity index (χ3n) is 5.00. The van der Waals surface area contributed by atoms with Crippen molar-refractivity contribution in [2.75, 3.05) is 13.2 Å². The Morgan fingerprint density at radius 3 is 2.42 bits per heavy atom. The van der Waals surface area contributed by atoms with Gasteiger partial charge in [-0.2, -0.15) is 13.2 Å². The molecule has 0 fully saturated rings. The molecule has 2 N–H and O–H groups in total. The quantitative estimate of drug-likeness (QED) is 0.256. The molecule has 1 aliphatic rings. The Morgan fingerprint density at radius 1 is 1.16 bits per heavy atom. The number of rotatable bonds is 9. The van der Waals surface area contributed by atoms with Gasteiger partial charge in [-0.3, -0.25) is 10.1 Å². The average Bonchev–Trinajstić information content (AvgIpc) is 2.68. The Hall–Kier alpha value is -2.88. The van der Waals surface area contributed by atoms with Crippen LogP contribution in [0.1, 0.15) is 56.6 Å². The van der Waals surface area contributed by atoms with Gasteiger partial charge in [-0.05, 0) is 44.7 Å². The average molecular weight is 442 g/mol. The second-order valence-corrected chi connectivity index (χ2v) is 7.22. The van der Waals surface area contributed by atoms with Crippen molar-refractivity contribution in [2.45, 2.75) is 51.6 Å². The normalized spacial score (nSPS) is 16.9. The first-order chi connectivity index (χ1) is 14.6. The van der Waals surface area contributed by atoms with Gasteiger partial charge in [-0.1, -0.05) is 24.6 Å². The maximum Gasteiger partial charge on any atom is 0.416 e. The molecular weight excluding hydrogens is 417 g/mol. The molecule has 31 heavy (non-hydrogen) atoms. The summed E-state index contributed by atoms with van der Waals surface area (Å²) >= 11 is 0. The molecule has 2 rings (SSSR count). The molecule has 0 aromatic heterocycles. The zero-order valence-electron chi connectivity index (χ0n) is 17.3. The van der Waals surface area contributed by atoms with Crippen LogP contribution >= 0.6 is 0 Å². The number of aliphatic hydroxyl groups excluding tert-OH is 1. The van der Waals surface area contributed by atoms with Gasteiger partial charge in [0, 0.05) is 12.3 Å². The summed E-state index contributed by atoms with van der Waals surface area (Å²) in [5.41, 5.74) is -1.91. The smallest absolute Gasteiger partial charge is 0.416 e. The summed E-state index contributed by atoms with van der Waals surface area (Å²) in [6, 6.07) is 4.52. The summed E-state index contributed by atoms with van der Waals surface area (Å²) in [5.74, 6) is -2.43. The first-order valence-electron chi connectivity index (χ1n) is 9.86. The highest BCUT2D eigenvalue weighted by atomic mass is 19.4. The first-order valence-corrected chi connectivity index (χ1v) is 9.86. The number of allylic oxidation sites excluding steroid dienone is 3. The van der Waals surface area contributed by atoms with Crippen molar-refractivity contribution in [3.63, 3.8) is 0 Å². The van der Waals surface area contributed by atoms with Gasteiger partial charge in [0.05, 0.1) is 28.4 Å². The summed E-state index contributed by atoms with van der Waals surface area (Å²) in [4.78, 5) is 23.8. The fourth-order valence-electron chi connectivity index (χ4n) is 3.62. The number of nitro groups is 1. The van der Waals surface area contributed by atoms with Gasteiger partial charge in [0.25, 0.3) is 5.70 Å². The van der Waals surface area contributed by atoms with Crippen LogP contribution in [0.4, 0.5) is 13.2 Å². The van der Waals surface area contributed by atoms with Crippen molar-refractivity contribution >= 4 is 5.97 Å². The molecule has 1 unspecified atom stereocenters. The van der Waals surface area contributed by atoms with Gasteiger partial charge >= 0.3 is 12.1 Å². The minimum absolute atomic E-state index is 0.0190. The van der Waals surface area contributed by atoms with Crippen LogP contribution in [-0.4, -0.2) is 29.2 Å². The number of alkyl halides is 3. The maximum absolute atomic E-state index is 13.7. The molecule has 0 radical (unpaired) electrons. The predicted molar refractivity (Wildman–Crippen MR) is 106 cm³/mol. The molecule has 1 aromatic carbocycles. The van der Waals surface area contributed by atoms with Crippen LogP contribution in [0, 0.1) is 10.1 Å². The Bertz CT molecular complexity index is 893. The van der Waals surface area contributed by atoms with Crippen LogP contribution in [0.5, 0.6) is 0 Å². The van der Waals surface area contributed by atoms with Gasteiger partial charge in [0.15, 0.2) is 0 Å². The molecule has 0 saturated carbocycles. The number of esters is 1. The van der Waals surface area contributed by atoms with Crippen molar-refractivity contribution in [2.24, 2.45) is 0 Å². The highest BCUT2D eigenvalue weighted by molar-refractivity contribution is 5.92. The maximum atomic E-state index is 13.7. The molecule has 7 nitrogen and oxygen atoms in total. The SMILES string of the molecule is CC1=C(C(=O)OCCCCCCO)C(c2ccccc2C(F)(F)F)C([N+](=O)[O-])=C(C)N1. The Kier molecular flexibility index (Phi) is 8.21. The van der Waals surface area contributed by atoms with Crippen molar-refractivity contribution in [1.82, 2.24) is 5.32 Å². The van der Waals surface area contributed by atoms with Crippen LogP contribution in [-0.2, 0) is 15.7 Å². The van der Waals surface area contributed by atoms with Crippen LogP contribution in [0.15, 0.2) is 46.9 Å². The van der Waals surface area contributed by atoms with E-state index < -0.39 is 34.2 Å². The van der Waals surface area contributed by atoms with Crippen LogP contribution in [0.25, 0.3) is 0 Å². The largest absolute Gasteiger partial charge is 0.462 e. The van der Waals surface area contributed by atoms with E-state index in [1.165, 1.54) is 26.0 Å². The number of nitrogens with zero attached hydrogens (tertiary/aromatic N) is 1. The standard InChI is InChI=1S/C21H25F3N2O5/c1-13-17(20(28)31-12-8-4-3-7-11-27)18(19(26(29)30)14(2)25-13)15-9-5-6-10-16(15)21(22,23)24/h5-6,9-10,18,25,27H,3-4,7-8,11-12H2,1-2H3. The van der Waals surface area contributed by atoms with E-state index in [0.29, 0.717) is 19.3 Å². The summed E-state index contributed by atoms with van der Waals surface area (Å²) in [5, 5.41) is 23.3. The number of carbonyl (C=O) groups excluding carboxylic acids is 1. The topological polar surface area (TPSA) is 102 Å². The van der Waals surface area contributed by atoms with Crippen LogP contribution in [0.3, 0.4) is 0 Å². The van der Waals surface area contributed by atoms with Gasteiger partial charge in [-0.25, -0.2) is 4.79 Å². The zero-order valence-corrected chi connectivity index (χ0v) is 17.3. The number of ether oxygens (including phenoxy) is 1. The molecule has 0 amide bonds. The van der Waals surface area contributed by atoms with E-state index in [2.05, 4.69) is 5.32 Å². The Labute approximate surface area is 177 Å². The van der Waals surface area contributed by atoms with Crippen molar-refractivity contribution in [3.8, 4) is 0 Å².